The standard InChI is InChI=1S/C28H38O5S/c1-3-5-18-7-11-20(12-8-18)27(30)32-23-15-16-24(26-25(23)22(29)17-34-26)33-28(31)21-13-9-19(6-4-2)10-14-21/h15-16,18-21H,3-14,17H2,1-2H3. The van der Waals surface area contributed by atoms with Gasteiger partial charge in [0, 0.05) is 0 Å². The van der Waals surface area contributed by atoms with Crippen molar-refractivity contribution in [1.29, 1.82) is 0 Å². The number of fused-ring (bicyclic) bond motifs is 1. The van der Waals surface area contributed by atoms with Crippen LogP contribution in [0.3, 0.4) is 0 Å². The van der Waals surface area contributed by atoms with Gasteiger partial charge in [-0.2, -0.15) is 0 Å². The molecule has 3 aliphatic rings. The Morgan fingerprint density at radius 1 is 0.794 bits per heavy atom. The molecule has 0 bridgehead atoms. The van der Waals surface area contributed by atoms with E-state index in [1.165, 1.54) is 37.4 Å². The summed E-state index contributed by atoms with van der Waals surface area (Å²) in [7, 11) is 0. The lowest BCUT2D eigenvalue weighted by Gasteiger charge is -2.27. The van der Waals surface area contributed by atoms with Crippen LogP contribution in [0.25, 0.3) is 0 Å². The summed E-state index contributed by atoms with van der Waals surface area (Å²) < 4.78 is 11.6. The number of Topliss-reactive ketones (excluding diaryl/α,β-unsaturated/α-hetero) is 1. The van der Waals surface area contributed by atoms with Crippen LogP contribution in [0.1, 0.15) is 101 Å². The summed E-state index contributed by atoms with van der Waals surface area (Å²) in [6, 6.07) is 3.32. The smallest absolute Gasteiger partial charge is 0.314 e. The van der Waals surface area contributed by atoms with Crippen molar-refractivity contribution in [2.45, 2.75) is 95.8 Å². The maximum Gasteiger partial charge on any atom is 0.314 e. The van der Waals surface area contributed by atoms with Gasteiger partial charge in [-0.1, -0.05) is 39.5 Å². The van der Waals surface area contributed by atoms with E-state index >= 15 is 0 Å². The van der Waals surface area contributed by atoms with E-state index in [0.717, 1.165) is 57.3 Å². The summed E-state index contributed by atoms with van der Waals surface area (Å²) in [4.78, 5) is 39.0. The number of ketones is 1. The van der Waals surface area contributed by atoms with Crippen LogP contribution >= 0.6 is 11.8 Å². The number of hydrogen-bond acceptors (Lipinski definition) is 6. The average molecular weight is 487 g/mol. The van der Waals surface area contributed by atoms with Gasteiger partial charge in [0.05, 0.1) is 28.0 Å². The quantitative estimate of drug-likeness (QED) is 0.291. The zero-order valence-electron chi connectivity index (χ0n) is 20.6. The molecule has 1 heterocycles. The zero-order valence-corrected chi connectivity index (χ0v) is 21.4. The molecule has 1 aromatic rings. The normalized spacial score (nSPS) is 26.7. The van der Waals surface area contributed by atoms with Gasteiger partial charge < -0.3 is 9.47 Å². The topological polar surface area (TPSA) is 69.7 Å². The van der Waals surface area contributed by atoms with E-state index in [0.29, 0.717) is 27.9 Å². The van der Waals surface area contributed by atoms with Crippen molar-refractivity contribution in [2.24, 2.45) is 23.7 Å². The molecule has 0 aromatic heterocycles. The lowest BCUT2D eigenvalue weighted by molar-refractivity contribution is -0.141. The highest BCUT2D eigenvalue weighted by atomic mass is 32.2. The van der Waals surface area contributed by atoms with Crippen molar-refractivity contribution in [1.82, 2.24) is 0 Å². The van der Waals surface area contributed by atoms with Crippen molar-refractivity contribution in [2.75, 3.05) is 5.75 Å². The van der Waals surface area contributed by atoms with Crippen LogP contribution in [0.5, 0.6) is 11.5 Å². The second-order valence-electron chi connectivity index (χ2n) is 10.3. The molecule has 5 nitrogen and oxygen atoms in total. The lowest BCUT2D eigenvalue weighted by atomic mass is 9.80. The minimum absolute atomic E-state index is 0.0765. The van der Waals surface area contributed by atoms with Gasteiger partial charge in [-0.05, 0) is 75.3 Å². The molecule has 0 spiro atoms. The first kappa shape index (κ1) is 25.3. The Labute approximate surface area is 207 Å². The van der Waals surface area contributed by atoms with E-state index in [4.69, 9.17) is 9.47 Å². The largest absolute Gasteiger partial charge is 0.425 e. The maximum absolute atomic E-state index is 12.9. The number of hydrogen-bond donors (Lipinski definition) is 0. The highest BCUT2D eigenvalue weighted by Gasteiger charge is 2.34. The number of rotatable bonds is 8. The summed E-state index contributed by atoms with van der Waals surface area (Å²) in [5.74, 6) is 1.75. The molecule has 0 unspecified atom stereocenters. The van der Waals surface area contributed by atoms with Crippen LogP contribution in [0, 0.1) is 23.7 Å². The Bertz CT molecular complexity index is 894. The van der Waals surface area contributed by atoms with E-state index in [9.17, 15) is 14.4 Å². The molecule has 34 heavy (non-hydrogen) atoms. The molecule has 0 radical (unpaired) electrons. The van der Waals surface area contributed by atoms with Gasteiger partial charge in [0.1, 0.15) is 11.5 Å². The molecular formula is C28H38O5S. The van der Waals surface area contributed by atoms with E-state index in [2.05, 4.69) is 13.8 Å². The number of thioether (sulfide) groups is 1. The number of ether oxygens (including phenoxy) is 2. The van der Waals surface area contributed by atoms with Crippen molar-refractivity contribution in [3.63, 3.8) is 0 Å². The van der Waals surface area contributed by atoms with Gasteiger partial charge in [-0.15, -0.1) is 11.8 Å². The minimum atomic E-state index is -0.240. The van der Waals surface area contributed by atoms with Gasteiger partial charge in [-0.25, -0.2) is 0 Å². The van der Waals surface area contributed by atoms with Gasteiger partial charge in [0.25, 0.3) is 0 Å². The number of esters is 2. The average Bonchev–Trinajstić information content (AvgIpc) is 3.24. The predicted molar refractivity (Wildman–Crippen MR) is 133 cm³/mol. The number of carbonyl (C=O) groups excluding carboxylic acids is 3. The second-order valence-corrected chi connectivity index (χ2v) is 11.3. The van der Waals surface area contributed by atoms with E-state index < -0.39 is 0 Å². The molecule has 2 fully saturated rings. The molecule has 0 amide bonds. The third-order valence-electron chi connectivity index (χ3n) is 7.88. The van der Waals surface area contributed by atoms with Crippen molar-refractivity contribution in [3.8, 4) is 11.5 Å². The zero-order chi connectivity index (χ0) is 24.1. The van der Waals surface area contributed by atoms with Gasteiger partial charge >= 0.3 is 11.9 Å². The Balaban J connectivity index is 1.40. The van der Waals surface area contributed by atoms with Gasteiger partial charge in [0.2, 0.25) is 0 Å². The Morgan fingerprint density at radius 2 is 1.26 bits per heavy atom. The van der Waals surface area contributed by atoms with Crippen molar-refractivity contribution < 1.29 is 23.9 Å². The molecule has 186 valence electrons. The Hall–Kier alpha value is -1.82. The van der Waals surface area contributed by atoms with E-state index in [-0.39, 0.29) is 35.3 Å². The van der Waals surface area contributed by atoms with Crippen molar-refractivity contribution >= 4 is 29.5 Å². The molecule has 4 rings (SSSR count). The summed E-state index contributed by atoms with van der Waals surface area (Å²) in [5.41, 5.74) is 0.398. The highest BCUT2D eigenvalue weighted by molar-refractivity contribution is 8.00. The molecular weight excluding hydrogens is 448 g/mol. The van der Waals surface area contributed by atoms with E-state index in [1.807, 2.05) is 0 Å². The summed E-state index contributed by atoms with van der Waals surface area (Å²) in [6.07, 6.45) is 12.6. The monoisotopic (exact) mass is 486 g/mol. The SMILES string of the molecule is CCCC1CCC(C(=O)Oc2ccc(OC(=O)C3CCC(CCC)CC3)c3c2SCC3=O)CC1. The van der Waals surface area contributed by atoms with Crippen LogP contribution in [0.2, 0.25) is 0 Å². The molecule has 1 aromatic carbocycles. The van der Waals surface area contributed by atoms with Gasteiger partial charge in [0.15, 0.2) is 5.78 Å². The minimum Gasteiger partial charge on any atom is -0.425 e. The van der Waals surface area contributed by atoms with Gasteiger partial charge in [-0.3, -0.25) is 14.4 Å². The first-order chi connectivity index (χ1) is 16.5. The highest BCUT2D eigenvalue weighted by Crippen LogP contribution is 2.45. The fraction of sp³-hybridized carbons (Fsp3) is 0.679. The lowest BCUT2D eigenvalue weighted by Crippen LogP contribution is -2.26. The number of benzene rings is 1. The van der Waals surface area contributed by atoms with Crippen molar-refractivity contribution in [3.05, 3.63) is 17.7 Å². The first-order valence-electron chi connectivity index (χ1n) is 13.3. The van der Waals surface area contributed by atoms with Crippen LogP contribution in [-0.2, 0) is 9.59 Å². The summed E-state index contributed by atoms with van der Waals surface area (Å²) in [6.45, 7) is 4.41. The fourth-order valence-corrected chi connectivity index (χ4v) is 6.93. The van der Waals surface area contributed by atoms with Crippen LogP contribution < -0.4 is 9.47 Å². The third-order valence-corrected chi connectivity index (χ3v) is 8.99. The Kier molecular flexibility index (Phi) is 8.73. The second kappa shape index (κ2) is 11.7. The summed E-state index contributed by atoms with van der Waals surface area (Å²) in [5, 5.41) is 0. The molecule has 2 aliphatic carbocycles. The molecule has 1 aliphatic heterocycles. The Morgan fingerprint density at radius 3 is 1.76 bits per heavy atom. The summed E-state index contributed by atoms with van der Waals surface area (Å²) >= 11 is 1.36. The molecule has 6 heteroatoms. The first-order valence-corrected chi connectivity index (χ1v) is 14.2. The predicted octanol–water partition coefficient (Wildman–Crippen LogP) is 7.00. The molecule has 0 atom stereocenters. The molecule has 0 N–H and O–H groups in total. The molecule has 2 saturated carbocycles. The van der Waals surface area contributed by atoms with Crippen LogP contribution in [0.4, 0.5) is 0 Å². The number of carbonyl (C=O) groups is 3. The van der Waals surface area contributed by atoms with E-state index in [1.54, 1.807) is 12.1 Å². The molecule has 0 saturated heterocycles. The maximum atomic E-state index is 12.9. The van der Waals surface area contributed by atoms with Crippen LogP contribution in [0.15, 0.2) is 17.0 Å². The van der Waals surface area contributed by atoms with Crippen LogP contribution in [-0.4, -0.2) is 23.5 Å². The third kappa shape index (κ3) is 5.87. The fourth-order valence-electron chi connectivity index (χ4n) is 5.90.